The predicted octanol–water partition coefficient (Wildman–Crippen LogP) is 3.80. The summed E-state index contributed by atoms with van der Waals surface area (Å²) < 4.78 is 0. The van der Waals surface area contributed by atoms with Gasteiger partial charge in [-0.05, 0) is 43.3 Å². The molecule has 0 spiro atoms. The van der Waals surface area contributed by atoms with Gasteiger partial charge in [-0.15, -0.1) is 0 Å². The minimum atomic E-state index is -0.670. The third kappa shape index (κ3) is 7.30. The van der Waals surface area contributed by atoms with Gasteiger partial charge in [0.2, 0.25) is 11.9 Å². The Morgan fingerprint density at radius 2 is 1.85 bits per heavy atom. The van der Waals surface area contributed by atoms with E-state index in [1.165, 1.54) is 31.3 Å². The number of benzene rings is 2. The Hall–Kier alpha value is -4.48. The number of anilines is 6. The molecule has 1 heterocycles. The smallest absolute Gasteiger partial charge is 0.294 e. The molecule has 1 aromatic heterocycles. The van der Waals surface area contributed by atoms with Crippen LogP contribution in [0.1, 0.15) is 17.3 Å². The lowest BCUT2D eigenvalue weighted by molar-refractivity contribution is -0.124. The summed E-state index contributed by atoms with van der Waals surface area (Å²) in [6, 6.07) is 12.0. The van der Waals surface area contributed by atoms with Crippen LogP contribution in [0.5, 0.6) is 0 Å². The van der Waals surface area contributed by atoms with Gasteiger partial charge in [0.05, 0.1) is 28.8 Å². The first-order valence-corrected chi connectivity index (χ1v) is 12.5. The molecule has 204 valence electrons. The molecule has 0 bridgehead atoms. The highest BCUT2D eigenvalue weighted by atomic mass is 35.5. The van der Waals surface area contributed by atoms with Crippen molar-refractivity contribution in [3.05, 3.63) is 71.9 Å². The fraction of sp³-hybridized carbons (Fsp3) is 0.222. The standard InChI is InChI=1S/C27H31ClN8O3/c1-5-23(37)32-21-15-17(11-12-22(21)36(6-2)14-13-29)31-27-30-16-19(28)25(34-27)33-20-10-8-7-9-18(20)24(38)26(39)35(3)4/h5,7-12,15-16H,1,6,13-14,29H2,2-4H3,(H,32,37)(H2,30,31,33,34). The van der Waals surface area contributed by atoms with Gasteiger partial charge < -0.3 is 31.5 Å². The van der Waals surface area contributed by atoms with E-state index in [0.717, 1.165) is 5.69 Å². The number of carbonyl (C=O) groups excluding carboxylic acids is 3. The summed E-state index contributed by atoms with van der Waals surface area (Å²) in [6.07, 6.45) is 2.60. The molecule has 12 heteroatoms. The van der Waals surface area contributed by atoms with Crippen molar-refractivity contribution in [2.45, 2.75) is 6.92 Å². The number of Topliss-reactive ketones (excluding diaryl/α,β-unsaturated/α-hetero) is 1. The summed E-state index contributed by atoms with van der Waals surface area (Å²) in [7, 11) is 3.02. The molecule has 0 unspecified atom stereocenters. The van der Waals surface area contributed by atoms with E-state index in [0.29, 0.717) is 36.7 Å². The minimum Gasteiger partial charge on any atom is -0.369 e. The van der Waals surface area contributed by atoms with Crippen LogP contribution in [0.3, 0.4) is 0 Å². The number of hydrogen-bond acceptors (Lipinski definition) is 9. The molecule has 5 N–H and O–H groups in total. The number of hydrogen-bond donors (Lipinski definition) is 4. The number of amides is 2. The third-order valence-corrected chi connectivity index (χ3v) is 5.86. The second-order valence-corrected chi connectivity index (χ2v) is 8.92. The molecule has 2 aromatic carbocycles. The Morgan fingerprint density at radius 1 is 1.10 bits per heavy atom. The molecular formula is C27H31ClN8O3. The fourth-order valence-electron chi connectivity index (χ4n) is 3.66. The maximum atomic E-state index is 12.7. The average molecular weight is 551 g/mol. The predicted molar refractivity (Wildman–Crippen MR) is 155 cm³/mol. The first kappa shape index (κ1) is 29.1. The Labute approximate surface area is 232 Å². The highest BCUT2D eigenvalue weighted by Gasteiger charge is 2.22. The molecule has 39 heavy (non-hydrogen) atoms. The van der Waals surface area contributed by atoms with Crippen LogP contribution in [0, 0.1) is 0 Å². The van der Waals surface area contributed by atoms with E-state index < -0.39 is 11.7 Å². The number of likely N-dealkylation sites (N-methyl/N-ethyl adjacent to an activating group) is 2. The van der Waals surface area contributed by atoms with Crippen LogP contribution in [0.2, 0.25) is 5.02 Å². The lowest BCUT2D eigenvalue weighted by atomic mass is 10.1. The largest absolute Gasteiger partial charge is 0.369 e. The molecule has 11 nitrogen and oxygen atoms in total. The van der Waals surface area contributed by atoms with Crippen molar-refractivity contribution < 1.29 is 14.4 Å². The molecular weight excluding hydrogens is 520 g/mol. The first-order chi connectivity index (χ1) is 18.7. The number of nitrogens with two attached hydrogens (primary N) is 1. The summed E-state index contributed by atoms with van der Waals surface area (Å²) in [5.74, 6) is -1.25. The maximum absolute atomic E-state index is 12.7. The zero-order valence-corrected chi connectivity index (χ0v) is 22.7. The lowest BCUT2D eigenvalue weighted by Gasteiger charge is -2.25. The SMILES string of the molecule is C=CC(=O)Nc1cc(Nc2ncc(Cl)c(Nc3ccccc3C(=O)C(=O)N(C)C)n2)ccc1N(CC)CCN. The van der Waals surface area contributed by atoms with Gasteiger partial charge in [-0.2, -0.15) is 4.98 Å². The topological polar surface area (TPSA) is 146 Å². The first-order valence-electron chi connectivity index (χ1n) is 12.1. The summed E-state index contributed by atoms with van der Waals surface area (Å²) in [6.45, 7) is 7.28. The van der Waals surface area contributed by atoms with E-state index in [2.05, 4.69) is 32.5 Å². The zero-order chi connectivity index (χ0) is 28.5. The van der Waals surface area contributed by atoms with E-state index in [1.54, 1.807) is 30.3 Å². The van der Waals surface area contributed by atoms with Gasteiger partial charge in [0.1, 0.15) is 5.02 Å². The second-order valence-electron chi connectivity index (χ2n) is 8.51. The molecule has 0 aliphatic rings. The quantitative estimate of drug-likeness (QED) is 0.150. The Balaban J connectivity index is 1.91. The van der Waals surface area contributed by atoms with Crippen molar-refractivity contribution in [1.82, 2.24) is 14.9 Å². The molecule has 0 aliphatic carbocycles. The second kappa shape index (κ2) is 13.4. The van der Waals surface area contributed by atoms with E-state index in [9.17, 15) is 14.4 Å². The van der Waals surface area contributed by atoms with Crippen molar-refractivity contribution >= 4 is 63.7 Å². The molecule has 0 saturated carbocycles. The van der Waals surface area contributed by atoms with Crippen LogP contribution in [0.15, 0.2) is 61.3 Å². The van der Waals surface area contributed by atoms with Gasteiger partial charge in [0, 0.05) is 39.4 Å². The average Bonchev–Trinajstić information content (AvgIpc) is 2.93. The number of rotatable bonds is 12. The summed E-state index contributed by atoms with van der Waals surface area (Å²) in [4.78, 5) is 49.0. The molecule has 3 aromatic rings. The van der Waals surface area contributed by atoms with Gasteiger partial charge >= 0.3 is 0 Å². The van der Waals surface area contributed by atoms with Gasteiger partial charge in [-0.1, -0.05) is 30.3 Å². The van der Waals surface area contributed by atoms with Gasteiger partial charge in [-0.25, -0.2) is 4.98 Å². The Bertz CT molecular complexity index is 1380. The number of halogens is 1. The highest BCUT2D eigenvalue weighted by Crippen LogP contribution is 2.31. The molecule has 0 radical (unpaired) electrons. The molecule has 0 saturated heterocycles. The minimum absolute atomic E-state index is 0.177. The van der Waals surface area contributed by atoms with Crippen molar-refractivity contribution in [1.29, 1.82) is 0 Å². The molecule has 3 rings (SSSR count). The molecule has 0 atom stereocenters. The summed E-state index contributed by atoms with van der Waals surface area (Å²) >= 11 is 6.35. The van der Waals surface area contributed by atoms with E-state index in [-0.39, 0.29) is 28.3 Å². The summed E-state index contributed by atoms with van der Waals surface area (Å²) in [5.41, 5.74) is 8.26. The van der Waals surface area contributed by atoms with Gasteiger partial charge in [-0.3, -0.25) is 14.4 Å². The van der Waals surface area contributed by atoms with Crippen molar-refractivity contribution in [2.24, 2.45) is 5.73 Å². The van der Waals surface area contributed by atoms with Crippen LogP contribution in [0.25, 0.3) is 0 Å². The Morgan fingerprint density at radius 3 is 2.51 bits per heavy atom. The normalized spacial score (nSPS) is 10.4. The third-order valence-electron chi connectivity index (χ3n) is 5.59. The van der Waals surface area contributed by atoms with Crippen LogP contribution in [0.4, 0.5) is 34.5 Å². The fourth-order valence-corrected chi connectivity index (χ4v) is 3.80. The number of aromatic nitrogens is 2. The van der Waals surface area contributed by atoms with Crippen molar-refractivity contribution in [2.75, 3.05) is 54.6 Å². The summed E-state index contributed by atoms with van der Waals surface area (Å²) in [5, 5.41) is 9.17. The van der Waals surface area contributed by atoms with Crippen molar-refractivity contribution in [3.8, 4) is 0 Å². The number of carbonyl (C=O) groups is 3. The number of nitrogens with zero attached hydrogens (tertiary/aromatic N) is 4. The lowest BCUT2D eigenvalue weighted by Crippen LogP contribution is -2.30. The molecule has 0 fully saturated rings. The molecule has 2 amide bonds. The monoisotopic (exact) mass is 550 g/mol. The maximum Gasteiger partial charge on any atom is 0.294 e. The van der Waals surface area contributed by atoms with Crippen LogP contribution in [-0.4, -0.2) is 66.2 Å². The van der Waals surface area contributed by atoms with E-state index in [1.807, 2.05) is 24.0 Å². The van der Waals surface area contributed by atoms with Crippen LogP contribution in [-0.2, 0) is 9.59 Å². The van der Waals surface area contributed by atoms with Gasteiger partial charge in [0.25, 0.3) is 11.7 Å². The van der Waals surface area contributed by atoms with E-state index in [4.69, 9.17) is 17.3 Å². The highest BCUT2D eigenvalue weighted by molar-refractivity contribution is 6.43. The number of nitrogens with one attached hydrogen (secondary N) is 3. The zero-order valence-electron chi connectivity index (χ0n) is 22.0. The van der Waals surface area contributed by atoms with Gasteiger partial charge in [0.15, 0.2) is 5.82 Å². The Kier molecular flexibility index (Phi) is 9.96. The van der Waals surface area contributed by atoms with Crippen LogP contribution < -0.4 is 26.6 Å². The number of ketones is 1. The molecule has 0 aliphatic heterocycles. The van der Waals surface area contributed by atoms with E-state index >= 15 is 0 Å². The van der Waals surface area contributed by atoms with Crippen LogP contribution >= 0.6 is 11.6 Å². The van der Waals surface area contributed by atoms with Crippen molar-refractivity contribution in [3.63, 3.8) is 0 Å². The number of para-hydroxylation sites is 1.